The molecule has 0 aliphatic heterocycles. The molecule has 0 saturated heterocycles. The van der Waals surface area contributed by atoms with Crippen molar-refractivity contribution in [3.05, 3.63) is 59.7 Å². The molecule has 2 aromatic carbocycles. The Morgan fingerprint density at radius 2 is 1.33 bits per heavy atom. The van der Waals surface area contributed by atoms with Crippen LogP contribution in [0.5, 0.6) is 11.5 Å². The first-order chi connectivity index (χ1) is 17.6. The summed E-state index contributed by atoms with van der Waals surface area (Å²) in [7, 11) is 0. The number of carbonyl (C=O) groups is 2. The molecule has 36 heavy (non-hydrogen) atoms. The van der Waals surface area contributed by atoms with E-state index in [2.05, 4.69) is 24.4 Å². The Kier molecular flexibility index (Phi) is 14.7. The van der Waals surface area contributed by atoms with Crippen molar-refractivity contribution in [1.29, 1.82) is 0 Å². The molecule has 0 aliphatic carbocycles. The fourth-order valence-corrected chi connectivity index (χ4v) is 3.64. The summed E-state index contributed by atoms with van der Waals surface area (Å²) in [6, 6.07) is 13.9. The molecule has 0 spiro atoms. The van der Waals surface area contributed by atoms with E-state index in [1.54, 1.807) is 54.7 Å². The number of hydrazone groups is 1. The lowest BCUT2D eigenvalue weighted by Gasteiger charge is -2.07. The summed E-state index contributed by atoms with van der Waals surface area (Å²) in [6.07, 6.45) is 15.2. The highest BCUT2D eigenvalue weighted by atomic mass is 16.5. The number of rotatable bonds is 18. The van der Waals surface area contributed by atoms with Gasteiger partial charge in [-0.2, -0.15) is 5.10 Å². The maximum Gasteiger partial charge on any atom is 0.343 e. The van der Waals surface area contributed by atoms with Gasteiger partial charge in [0.1, 0.15) is 11.5 Å². The van der Waals surface area contributed by atoms with Crippen LogP contribution in [0.2, 0.25) is 0 Å². The van der Waals surface area contributed by atoms with Crippen molar-refractivity contribution >= 4 is 18.1 Å². The monoisotopic (exact) mass is 494 g/mol. The number of hydrogen-bond acceptors (Lipinski definition) is 5. The molecule has 196 valence electrons. The van der Waals surface area contributed by atoms with E-state index >= 15 is 0 Å². The number of amides is 1. The lowest BCUT2D eigenvalue weighted by atomic mass is 10.1. The van der Waals surface area contributed by atoms with Crippen molar-refractivity contribution in [2.45, 2.75) is 90.9 Å². The Bertz CT molecular complexity index is 908. The van der Waals surface area contributed by atoms with Crippen molar-refractivity contribution in [1.82, 2.24) is 5.43 Å². The molecule has 1 amide bonds. The smallest absolute Gasteiger partial charge is 0.343 e. The molecule has 0 aromatic heterocycles. The average Bonchev–Trinajstić information content (AvgIpc) is 2.89. The van der Waals surface area contributed by atoms with Gasteiger partial charge in [0.15, 0.2) is 0 Å². The molecule has 2 aromatic rings. The lowest BCUT2D eigenvalue weighted by Crippen LogP contribution is -2.16. The number of unbranched alkanes of at least 4 members (excludes halogenated alkanes) is 9. The predicted molar refractivity (Wildman–Crippen MR) is 146 cm³/mol. The van der Waals surface area contributed by atoms with E-state index in [0.29, 0.717) is 24.3 Å². The van der Waals surface area contributed by atoms with Gasteiger partial charge in [-0.3, -0.25) is 4.79 Å². The largest absolute Gasteiger partial charge is 0.494 e. The molecule has 0 unspecified atom stereocenters. The van der Waals surface area contributed by atoms with Gasteiger partial charge in [0.05, 0.1) is 18.4 Å². The summed E-state index contributed by atoms with van der Waals surface area (Å²) >= 11 is 0. The van der Waals surface area contributed by atoms with Crippen molar-refractivity contribution in [3.8, 4) is 11.5 Å². The highest BCUT2D eigenvalue weighted by Gasteiger charge is 2.09. The molecule has 0 bridgehead atoms. The summed E-state index contributed by atoms with van der Waals surface area (Å²) in [5.74, 6) is 0.681. The van der Waals surface area contributed by atoms with Crippen LogP contribution >= 0.6 is 0 Å². The first-order valence-electron chi connectivity index (χ1n) is 13.5. The van der Waals surface area contributed by atoms with Crippen LogP contribution in [-0.2, 0) is 4.79 Å². The zero-order chi connectivity index (χ0) is 25.8. The minimum atomic E-state index is -0.430. The van der Waals surface area contributed by atoms with Crippen LogP contribution in [0.4, 0.5) is 0 Å². The average molecular weight is 495 g/mol. The van der Waals surface area contributed by atoms with E-state index in [9.17, 15) is 9.59 Å². The first-order valence-corrected chi connectivity index (χ1v) is 13.5. The highest BCUT2D eigenvalue weighted by Crippen LogP contribution is 2.17. The third kappa shape index (κ3) is 12.5. The molecule has 0 atom stereocenters. The van der Waals surface area contributed by atoms with Gasteiger partial charge in [0, 0.05) is 6.42 Å². The molecule has 1 N–H and O–H groups in total. The van der Waals surface area contributed by atoms with Crippen LogP contribution in [0.3, 0.4) is 0 Å². The minimum Gasteiger partial charge on any atom is -0.494 e. The fourth-order valence-electron chi connectivity index (χ4n) is 3.64. The number of carbonyl (C=O) groups excluding carboxylic acids is 2. The number of benzene rings is 2. The van der Waals surface area contributed by atoms with Crippen molar-refractivity contribution in [2.24, 2.45) is 5.10 Å². The van der Waals surface area contributed by atoms with Gasteiger partial charge in [0.2, 0.25) is 5.91 Å². The van der Waals surface area contributed by atoms with Gasteiger partial charge in [-0.05, 0) is 66.9 Å². The predicted octanol–water partition coefficient (Wildman–Crippen LogP) is 7.46. The number of esters is 1. The van der Waals surface area contributed by atoms with Gasteiger partial charge < -0.3 is 9.47 Å². The van der Waals surface area contributed by atoms with Crippen LogP contribution in [0.25, 0.3) is 0 Å². The molecule has 0 heterocycles. The summed E-state index contributed by atoms with van der Waals surface area (Å²) in [5.41, 5.74) is 3.83. The van der Waals surface area contributed by atoms with Crippen molar-refractivity contribution < 1.29 is 19.1 Å². The maximum absolute atomic E-state index is 12.4. The Hall–Kier alpha value is -3.15. The molecule has 0 aliphatic rings. The SMILES string of the molecule is CCCCCCCCCCCC(=O)N/N=C/c1ccc(OC(=O)c2ccc(OCCCC)cc2)cc1. The van der Waals surface area contributed by atoms with E-state index in [1.807, 2.05) is 0 Å². The van der Waals surface area contributed by atoms with Crippen LogP contribution < -0.4 is 14.9 Å². The Morgan fingerprint density at radius 1 is 0.750 bits per heavy atom. The topological polar surface area (TPSA) is 77.0 Å². The molecule has 6 nitrogen and oxygen atoms in total. The third-order valence-corrected chi connectivity index (χ3v) is 5.86. The number of nitrogens with zero attached hydrogens (tertiary/aromatic N) is 1. The second-order valence-electron chi connectivity index (χ2n) is 9.06. The first kappa shape index (κ1) is 29.1. The third-order valence-electron chi connectivity index (χ3n) is 5.86. The van der Waals surface area contributed by atoms with E-state index < -0.39 is 5.97 Å². The molecular weight excluding hydrogens is 452 g/mol. The van der Waals surface area contributed by atoms with Gasteiger partial charge in [-0.15, -0.1) is 0 Å². The number of ether oxygens (including phenoxy) is 2. The van der Waals surface area contributed by atoms with Gasteiger partial charge in [-0.1, -0.05) is 71.6 Å². The quantitative estimate of drug-likeness (QED) is 0.0767. The number of nitrogens with one attached hydrogen (secondary N) is 1. The second kappa shape index (κ2) is 18.2. The van der Waals surface area contributed by atoms with Crippen LogP contribution in [-0.4, -0.2) is 24.7 Å². The standard InChI is InChI=1S/C30H42N2O4/c1-3-5-7-8-9-10-11-12-13-14-29(33)32-31-24-25-15-19-28(20-16-25)36-30(34)26-17-21-27(22-18-26)35-23-6-4-2/h15-22,24H,3-14,23H2,1-2H3,(H,32,33)/b31-24+. The van der Waals surface area contributed by atoms with E-state index in [0.717, 1.165) is 37.0 Å². The molecule has 0 saturated carbocycles. The molecular formula is C30H42N2O4. The summed E-state index contributed by atoms with van der Waals surface area (Å²) in [4.78, 5) is 24.3. The van der Waals surface area contributed by atoms with E-state index in [-0.39, 0.29) is 5.91 Å². The van der Waals surface area contributed by atoms with Crippen LogP contribution in [0, 0.1) is 0 Å². The van der Waals surface area contributed by atoms with Gasteiger partial charge in [-0.25, -0.2) is 10.2 Å². The summed E-state index contributed by atoms with van der Waals surface area (Å²) in [6.45, 7) is 5.01. The second-order valence-corrected chi connectivity index (χ2v) is 9.06. The lowest BCUT2D eigenvalue weighted by molar-refractivity contribution is -0.121. The van der Waals surface area contributed by atoms with Crippen molar-refractivity contribution in [2.75, 3.05) is 6.61 Å². The Balaban J connectivity index is 1.64. The highest BCUT2D eigenvalue weighted by molar-refractivity contribution is 5.91. The van der Waals surface area contributed by atoms with Crippen LogP contribution in [0.15, 0.2) is 53.6 Å². The van der Waals surface area contributed by atoms with Crippen molar-refractivity contribution in [3.63, 3.8) is 0 Å². The molecule has 0 radical (unpaired) electrons. The maximum atomic E-state index is 12.4. The zero-order valence-electron chi connectivity index (χ0n) is 22.0. The number of hydrogen-bond donors (Lipinski definition) is 1. The fraction of sp³-hybridized carbons (Fsp3) is 0.500. The van der Waals surface area contributed by atoms with E-state index in [4.69, 9.17) is 9.47 Å². The molecule has 0 fully saturated rings. The van der Waals surface area contributed by atoms with Crippen LogP contribution in [0.1, 0.15) is 107 Å². The summed E-state index contributed by atoms with van der Waals surface area (Å²) in [5, 5.41) is 4.03. The van der Waals surface area contributed by atoms with Gasteiger partial charge >= 0.3 is 5.97 Å². The molecule has 2 rings (SSSR count). The zero-order valence-corrected chi connectivity index (χ0v) is 22.0. The van der Waals surface area contributed by atoms with E-state index in [1.165, 1.54) is 44.9 Å². The minimum absolute atomic E-state index is 0.0680. The normalized spacial score (nSPS) is 10.9. The Labute approximate surface area is 216 Å². The Morgan fingerprint density at radius 3 is 1.97 bits per heavy atom. The summed E-state index contributed by atoms with van der Waals surface area (Å²) < 4.78 is 11.1. The van der Waals surface area contributed by atoms with Gasteiger partial charge in [0.25, 0.3) is 0 Å². The molecule has 6 heteroatoms.